The lowest BCUT2D eigenvalue weighted by atomic mass is 10.2. The van der Waals surface area contributed by atoms with Gasteiger partial charge in [0.1, 0.15) is 17.6 Å². The molecule has 0 radical (unpaired) electrons. The van der Waals surface area contributed by atoms with Crippen LogP contribution in [-0.4, -0.2) is 24.5 Å². The number of furan rings is 1. The molecule has 1 aromatic rings. The van der Waals surface area contributed by atoms with Crippen LogP contribution in [0, 0.1) is 13.8 Å². The number of hydrogen-bond donors (Lipinski definition) is 1. The summed E-state index contributed by atoms with van der Waals surface area (Å²) in [5, 5.41) is 2.56. The van der Waals surface area contributed by atoms with Gasteiger partial charge in [0.2, 0.25) is 0 Å². The minimum Gasteiger partial charge on any atom is -0.466 e. The highest BCUT2D eigenvalue weighted by Gasteiger charge is 2.20. The molecule has 1 unspecified atom stereocenters. The van der Waals surface area contributed by atoms with Gasteiger partial charge in [0.15, 0.2) is 0 Å². The fourth-order valence-electron chi connectivity index (χ4n) is 1.46. The highest BCUT2D eigenvalue weighted by atomic mass is 16.5. The van der Waals surface area contributed by atoms with Gasteiger partial charge in [0.05, 0.1) is 12.2 Å². The zero-order valence-electron chi connectivity index (χ0n) is 10.5. The molecule has 0 aromatic carbocycles. The molecule has 0 saturated heterocycles. The number of nitrogens with one attached hydrogen (secondary N) is 1. The highest BCUT2D eigenvalue weighted by molar-refractivity contribution is 5.97. The molecular weight excluding hydrogens is 222 g/mol. The first-order valence-electron chi connectivity index (χ1n) is 5.50. The van der Waals surface area contributed by atoms with Crippen LogP contribution in [-0.2, 0) is 9.53 Å². The molecule has 0 fully saturated rings. The third-order valence-corrected chi connectivity index (χ3v) is 2.27. The zero-order chi connectivity index (χ0) is 13.0. The summed E-state index contributed by atoms with van der Waals surface area (Å²) in [6.07, 6.45) is 0. The van der Waals surface area contributed by atoms with Crippen molar-refractivity contribution in [2.24, 2.45) is 0 Å². The summed E-state index contributed by atoms with van der Waals surface area (Å²) in [4.78, 5) is 23.2. The maximum absolute atomic E-state index is 11.8. The molecule has 0 aliphatic rings. The molecule has 5 nitrogen and oxygen atoms in total. The highest BCUT2D eigenvalue weighted by Crippen LogP contribution is 2.13. The van der Waals surface area contributed by atoms with E-state index >= 15 is 0 Å². The van der Waals surface area contributed by atoms with Crippen LogP contribution in [0.15, 0.2) is 10.5 Å². The molecule has 0 bridgehead atoms. The molecule has 0 spiro atoms. The van der Waals surface area contributed by atoms with Gasteiger partial charge in [-0.25, -0.2) is 4.79 Å². The number of carbonyl (C=O) groups is 2. The summed E-state index contributed by atoms with van der Waals surface area (Å²) < 4.78 is 10.0. The summed E-state index contributed by atoms with van der Waals surface area (Å²) in [5.74, 6) is 0.422. The van der Waals surface area contributed by atoms with Crippen molar-refractivity contribution in [2.75, 3.05) is 6.61 Å². The molecule has 0 saturated carbocycles. The molecule has 5 heteroatoms. The number of ether oxygens (including phenoxy) is 1. The van der Waals surface area contributed by atoms with E-state index in [1.165, 1.54) is 0 Å². The van der Waals surface area contributed by atoms with Gasteiger partial charge in [-0.15, -0.1) is 0 Å². The number of amides is 1. The predicted molar refractivity (Wildman–Crippen MR) is 61.7 cm³/mol. The van der Waals surface area contributed by atoms with Crippen molar-refractivity contribution >= 4 is 11.9 Å². The van der Waals surface area contributed by atoms with Gasteiger partial charge >= 0.3 is 5.97 Å². The Bertz CT molecular complexity index is 422. The van der Waals surface area contributed by atoms with Crippen LogP contribution in [0.1, 0.15) is 35.7 Å². The van der Waals surface area contributed by atoms with Crippen molar-refractivity contribution in [3.8, 4) is 0 Å². The number of esters is 1. The van der Waals surface area contributed by atoms with E-state index in [9.17, 15) is 9.59 Å². The Labute approximate surface area is 100 Å². The minimum atomic E-state index is -0.669. The van der Waals surface area contributed by atoms with Crippen LogP contribution >= 0.6 is 0 Å². The van der Waals surface area contributed by atoms with Gasteiger partial charge < -0.3 is 14.5 Å². The molecule has 1 amide bonds. The van der Waals surface area contributed by atoms with Gasteiger partial charge in [-0.05, 0) is 33.8 Å². The van der Waals surface area contributed by atoms with E-state index in [2.05, 4.69) is 5.32 Å². The van der Waals surface area contributed by atoms with Crippen LogP contribution in [0.5, 0.6) is 0 Å². The summed E-state index contributed by atoms with van der Waals surface area (Å²) in [5.41, 5.74) is 0.443. The van der Waals surface area contributed by atoms with E-state index in [1.54, 1.807) is 33.8 Å². The summed E-state index contributed by atoms with van der Waals surface area (Å²) in [7, 11) is 0. The van der Waals surface area contributed by atoms with Crippen LogP contribution < -0.4 is 5.32 Å². The first kappa shape index (κ1) is 13.3. The zero-order valence-corrected chi connectivity index (χ0v) is 10.5. The van der Waals surface area contributed by atoms with Crippen LogP contribution in [0.4, 0.5) is 0 Å². The van der Waals surface area contributed by atoms with Gasteiger partial charge in [0.25, 0.3) is 5.91 Å². The van der Waals surface area contributed by atoms with Crippen molar-refractivity contribution in [2.45, 2.75) is 33.7 Å². The molecule has 1 rings (SSSR count). The second-order valence-corrected chi connectivity index (χ2v) is 3.77. The molecule has 17 heavy (non-hydrogen) atoms. The average molecular weight is 239 g/mol. The topological polar surface area (TPSA) is 68.5 Å². The quantitative estimate of drug-likeness (QED) is 0.810. The first-order chi connectivity index (χ1) is 7.95. The SMILES string of the molecule is CCOC(=O)C(C)NC(=O)c1cc(C)oc1C. The number of carbonyl (C=O) groups excluding carboxylic acids is 2. The average Bonchev–Trinajstić information content (AvgIpc) is 2.58. The predicted octanol–water partition coefficient (Wildman–Crippen LogP) is 1.58. The van der Waals surface area contributed by atoms with E-state index in [1.807, 2.05) is 0 Å². The monoisotopic (exact) mass is 239 g/mol. The lowest BCUT2D eigenvalue weighted by Crippen LogP contribution is -2.39. The molecule has 1 atom stereocenters. The molecule has 94 valence electrons. The van der Waals surface area contributed by atoms with Crippen LogP contribution in [0.2, 0.25) is 0 Å². The Balaban J connectivity index is 2.66. The smallest absolute Gasteiger partial charge is 0.328 e. The number of aryl methyl sites for hydroxylation is 2. The second-order valence-electron chi connectivity index (χ2n) is 3.77. The van der Waals surface area contributed by atoms with Gasteiger partial charge in [0, 0.05) is 0 Å². The fraction of sp³-hybridized carbons (Fsp3) is 0.500. The summed E-state index contributed by atoms with van der Waals surface area (Å²) in [6, 6.07) is 0.972. The van der Waals surface area contributed by atoms with Crippen molar-refractivity contribution in [1.82, 2.24) is 5.32 Å². The Morgan fingerprint density at radius 2 is 2.12 bits per heavy atom. The Morgan fingerprint density at radius 3 is 2.59 bits per heavy atom. The Kier molecular flexibility index (Phi) is 4.31. The normalized spacial score (nSPS) is 12.0. The van der Waals surface area contributed by atoms with Crippen LogP contribution in [0.25, 0.3) is 0 Å². The van der Waals surface area contributed by atoms with E-state index in [0.29, 0.717) is 23.7 Å². The van der Waals surface area contributed by atoms with Crippen LogP contribution in [0.3, 0.4) is 0 Å². The van der Waals surface area contributed by atoms with Crippen molar-refractivity contribution in [3.63, 3.8) is 0 Å². The molecule has 1 heterocycles. The molecular formula is C12H17NO4. The van der Waals surface area contributed by atoms with Gasteiger partial charge in [-0.3, -0.25) is 4.79 Å². The molecule has 1 N–H and O–H groups in total. The standard InChI is InChI=1S/C12H17NO4/c1-5-16-12(15)8(3)13-11(14)10-6-7(2)17-9(10)4/h6,8H,5H2,1-4H3,(H,13,14). The maximum atomic E-state index is 11.8. The van der Waals surface area contributed by atoms with E-state index in [0.717, 1.165) is 0 Å². The van der Waals surface area contributed by atoms with E-state index in [4.69, 9.17) is 9.15 Å². The van der Waals surface area contributed by atoms with Gasteiger partial charge in [-0.2, -0.15) is 0 Å². The van der Waals surface area contributed by atoms with E-state index < -0.39 is 12.0 Å². The third-order valence-electron chi connectivity index (χ3n) is 2.27. The third kappa shape index (κ3) is 3.34. The number of hydrogen-bond acceptors (Lipinski definition) is 4. The lowest BCUT2D eigenvalue weighted by Gasteiger charge is -2.11. The Hall–Kier alpha value is -1.78. The Morgan fingerprint density at radius 1 is 1.47 bits per heavy atom. The molecule has 0 aliphatic heterocycles. The lowest BCUT2D eigenvalue weighted by molar-refractivity contribution is -0.144. The summed E-state index contributed by atoms with van der Waals surface area (Å²) in [6.45, 7) is 7.06. The van der Waals surface area contributed by atoms with Crippen molar-refractivity contribution < 1.29 is 18.7 Å². The summed E-state index contributed by atoms with van der Waals surface area (Å²) >= 11 is 0. The first-order valence-corrected chi connectivity index (χ1v) is 5.50. The fourth-order valence-corrected chi connectivity index (χ4v) is 1.46. The molecule has 1 aromatic heterocycles. The molecule has 0 aliphatic carbocycles. The van der Waals surface area contributed by atoms with Crippen molar-refractivity contribution in [1.29, 1.82) is 0 Å². The largest absolute Gasteiger partial charge is 0.466 e. The van der Waals surface area contributed by atoms with Crippen molar-refractivity contribution in [3.05, 3.63) is 23.2 Å². The minimum absolute atomic E-state index is 0.295. The second kappa shape index (κ2) is 5.52. The van der Waals surface area contributed by atoms with E-state index in [-0.39, 0.29) is 5.91 Å². The number of rotatable bonds is 4. The van der Waals surface area contributed by atoms with Gasteiger partial charge in [-0.1, -0.05) is 0 Å². The maximum Gasteiger partial charge on any atom is 0.328 e.